The summed E-state index contributed by atoms with van der Waals surface area (Å²) >= 11 is 0. The molecule has 0 aliphatic heterocycles. The monoisotopic (exact) mass is 374 g/mol. The zero-order valence-electron chi connectivity index (χ0n) is 15.9. The molecule has 1 atom stereocenters. The van der Waals surface area contributed by atoms with E-state index >= 15 is 0 Å². The van der Waals surface area contributed by atoms with Gasteiger partial charge in [-0.3, -0.25) is 0 Å². The second kappa shape index (κ2) is 11.6. The molecule has 1 N–H and O–H groups in total. The van der Waals surface area contributed by atoms with Gasteiger partial charge in [-0.1, -0.05) is 65.2 Å². The Morgan fingerprint density at radius 3 is 2.04 bits per heavy atom. The fourth-order valence-corrected chi connectivity index (χ4v) is 3.43. The zero-order valence-corrected chi connectivity index (χ0v) is 16.7. The topological polar surface area (TPSA) is 76.7 Å². The van der Waals surface area contributed by atoms with Crippen LogP contribution >= 0.6 is 0 Å². The third-order valence-electron chi connectivity index (χ3n) is 4.43. The first-order valence-corrected chi connectivity index (χ1v) is 11.4. The summed E-state index contributed by atoms with van der Waals surface area (Å²) in [5.41, 5.74) is 0. The molecule has 6 heteroatoms. The van der Waals surface area contributed by atoms with E-state index < -0.39 is 16.2 Å². The largest absolute Gasteiger partial charge is 0.427 e. The Balaban J connectivity index is 2.66. The van der Waals surface area contributed by atoms with Gasteiger partial charge in [-0.15, -0.1) is 0 Å². The summed E-state index contributed by atoms with van der Waals surface area (Å²) < 4.78 is 32.5. The van der Waals surface area contributed by atoms with E-state index in [1.165, 1.54) is 44.6 Å². The van der Waals surface area contributed by atoms with Crippen molar-refractivity contribution in [3.63, 3.8) is 0 Å². The van der Waals surface area contributed by atoms with Crippen LogP contribution < -0.4 is 4.18 Å². The smallest absolute Gasteiger partial charge is 0.308 e. The molecule has 0 saturated carbocycles. The highest BCUT2D eigenvalue weighted by Crippen LogP contribution is 2.33. The summed E-state index contributed by atoms with van der Waals surface area (Å²) in [6.45, 7) is 4.37. The molecule has 0 spiro atoms. The molecule has 0 amide bonds. The molecule has 5 nitrogen and oxygen atoms in total. The van der Waals surface area contributed by atoms with Crippen LogP contribution in [0.15, 0.2) is 16.5 Å². The predicted octanol–water partition coefficient (Wildman–Crippen LogP) is 5.21. The molecule has 0 radical (unpaired) electrons. The molecule has 0 bridgehead atoms. The van der Waals surface area contributed by atoms with E-state index in [2.05, 4.69) is 13.8 Å². The van der Waals surface area contributed by atoms with Gasteiger partial charge in [0.05, 0.1) is 6.26 Å². The molecule has 0 aromatic carbocycles. The second-order valence-electron chi connectivity index (χ2n) is 6.85. The fourth-order valence-electron chi connectivity index (χ4n) is 3.05. The van der Waals surface area contributed by atoms with Crippen LogP contribution in [0, 0.1) is 5.92 Å². The van der Waals surface area contributed by atoms with Crippen molar-refractivity contribution in [1.29, 1.82) is 0 Å². The lowest BCUT2D eigenvalue weighted by atomic mass is 9.88. The van der Waals surface area contributed by atoms with Gasteiger partial charge >= 0.3 is 16.1 Å². The zero-order chi connectivity index (χ0) is 18.7. The molecule has 1 heterocycles. The van der Waals surface area contributed by atoms with Gasteiger partial charge in [0.15, 0.2) is 0 Å². The van der Waals surface area contributed by atoms with Crippen molar-refractivity contribution in [2.75, 3.05) is 6.26 Å². The van der Waals surface area contributed by atoms with E-state index in [1.807, 2.05) is 0 Å². The van der Waals surface area contributed by atoms with Gasteiger partial charge in [0.25, 0.3) is 0 Å². The lowest BCUT2D eigenvalue weighted by molar-refractivity contribution is 0.0712. The maximum Gasteiger partial charge on any atom is 0.308 e. The molecule has 1 aromatic heterocycles. The first kappa shape index (κ1) is 22.0. The molecule has 0 fully saturated rings. The van der Waals surface area contributed by atoms with Crippen molar-refractivity contribution in [1.82, 2.24) is 0 Å². The van der Waals surface area contributed by atoms with E-state index in [4.69, 9.17) is 8.60 Å². The molecule has 25 heavy (non-hydrogen) atoms. The van der Waals surface area contributed by atoms with Gasteiger partial charge in [0.1, 0.15) is 11.9 Å². The van der Waals surface area contributed by atoms with Gasteiger partial charge < -0.3 is 13.7 Å². The average Bonchev–Trinajstić information content (AvgIpc) is 2.99. The first-order valence-electron chi connectivity index (χ1n) is 9.54. The summed E-state index contributed by atoms with van der Waals surface area (Å²) in [5.74, 6) is 0.424. The lowest BCUT2D eigenvalue weighted by Gasteiger charge is -2.21. The van der Waals surface area contributed by atoms with Crippen molar-refractivity contribution in [2.45, 2.75) is 84.2 Å². The van der Waals surface area contributed by atoms with E-state index in [1.54, 1.807) is 6.07 Å². The number of aliphatic hydroxyl groups is 1. The number of hydrogen-bond donors (Lipinski definition) is 1. The van der Waals surface area contributed by atoms with E-state index in [0.717, 1.165) is 31.9 Å². The van der Waals surface area contributed by atoms with Gasteiger partial charge in [0, 0.05) is 6.07 Å². The van der Waals surface area contributed by atoms with Crippen LogP contribution in [-0.4, -0.2) is 19.8 Å². The normalized spacial score (nSPS) is 13.3. The number of unbranched alkanes of at least 4 members (excludes halogenated alkanes) is 6. The SMILES string of the molecule is CCCCCCC(CCCCCC)C(O)c1ccc(OS(C)(=O)=O)o1. The Morgan fingerprint density at radius 2 is 1.56 bits per heavy atom. The first-order chi connectivity index (χ1) is 11.9. The lowest BCUT2D eigenvalue weighted by Crippen LogP contribution is -2.12. The Bertz CT molecular complexity index is 552. The number of rotatable bonds is 14. The number of furan rings is 1. The highest BCUT2D eigenvalue weighted by atomic mass is 32.2. The minimum Gasteiger partial charge on any atom is -0.427 e. The second-order valence-corrected chi connectivity index (χ2v) is 8.42. The molecule has 0 aliphatic carbocycles. The minimum atomic E-state index is -3.63. The van der Waals surface area contributed by atoms with Crippen LogP contribution in [0.4, 0.5) is 0 Å². The quantitative estimate of drug-likeness (QED) is 0.357. The van der Waals surface area contributed by atoms with Crippen LogP contribution in [-0.2, 0) is 10.1 Å². The van der Waals surface area contributed by atoms with Gasteiger partial charge in [0.2, 0.25) is 0 Å². The van der Waals surface area contributed by atoms with Crippen molar-refractivity contribution in [3.8, 4) is 5.95 Å². The minimum absolute atomic E-state index is 0.0905. The van der Waals surface area contributed by atoms with Crippen LogP contribution in [0.25, 0.3) is 0 Å². The van der Waals surface area contributed by atoms with Crippen LogP contribution in [0.1, 0.15) is 89.9 Å². The number of hydrogen-bond acceptors (Lipinski definition) is 5. The molecule has 0 aliphatic rings. The molecular formula is C19H34O5S. The van der Waals surface area contributed by atoms with Crippen molar-refractivity contribution >= 4 is 10.1 Å². The van der Waals surface area contributed by atoms with Crippen molar-refractivity contribution in [3.05, 3.63) is 17.9 Å². The fraction of sp³-hybridized carbons (Fsp3) is 0.789. The summed E-state index contributed by atoms with van der Waals surface area (Å²) in [4.78, 5) is 0. The molecule has 0 saturated heterocycles. The van der Waals surface area contributed by atoms with Crippen LogP contribution in [0.3, 0.4) is 0 Å². The van der Waals surface area contributed by atoms with Crippen molar-refractivity contribution in [2.24, 2.45) is 5.92 Å². The summed E-state index contributed by atoms with van der Waals surface area (Å²) in [5, 5.41) is 10.7. The van der Waals surface area contributed by atoms with E-state index in [9.17, 15) is 13.5 Å². The summed E-state index contributed by atoms with van der Waals surface area (Å²) in [6, 6.07) is 3.06. The molecule has 1 rings (SSSR count). The molecule has 146 valence electrons. The highest BCUT2D eigenvalue weighted by molar-refractivity contribution is 7.86. The maximum absolute atomic E-state index is 11.2. The molecule has 1 aromatic rings. The van der Waals surface area contributed by atoms with E-state index in [0.29, 0.717) is 5.76 Å². The number of aliphatic hydroxyl groups excluding tert-OH is 1. The Labute approximate surface area is 152 Å². The van der Waals surface area contributed by atoms with Crippen molar-refractivity contribution < 1.29 is 22.1 Å². The Morgan fingerprint density at radius 1 is 1.00 bits per heavy atom. The van der Waals surface area contributed by atoms with Gasteiger partial charge in [-0.2, -0.15) is 8.42 Å². The maximum atomic E-state index is 11.2. The Kier molecular flexibility index (Phi) is 10.2. The van der Waals surface area contributed by atoms with E-state index in [-0.39, 0.29) is 11.9 Å². The van der Waals surface area contributed by atoms with Crippen LogP contribution in [0.5, 0.6) is 5.95 Å². The molecular weight excluding hydrogens is 340 g/mol. The standard InChI is InChI=1S/C19H34O5S/c1-4-6-8-10-12-16(13-11-9-7-5-2)19(20)17-14-15-18(23-17)24-25(3,21)22/h14-16,19-20H,4-13H2,1-3H3. The van der Waals surface area contributed by atoms with Gasteiger partial charge in [-0.05, 0) is 24.8 Å². The van der Waals surface area contributed by atoms with Crippen LogP contribution in [0.2, 0.25) is 0 Å². The third kappa shape index (κ3) is 9.31. The highest BCUT2D eigenvalue weighted by Gasteiger charge is 2.24. The predicted molar refractivity (Wildman–Crippen MR) is 100 cm³/mol. The third-order valence-corrected chi connectivity index (χ3v) is 4.90. The Hall–Kier alpha value is -1.01. The average molecular weight is 375 g/mol. The van der Waals surface area contributed by atoms with Gasteiger partial charge in [-0.25, -0.2) is 0 Å². The molecule has 1 unspecified atom stereocenters. The summed E-state index contributed by atoms with van der Waals surface area (Å²) in [6.07, 6.45) is 11.5. The summed E-state index contributed by atoms with van der Waals surface area (Å²) in [7, 11) is -3.63.